The molecule has 1 fully saturated rings. The van der Waals surface area contributed by atoms with Crippen molar-refractivity contribution in [2.24, 2.45) is 5.73 Å². The highest BCUT2D eigenvalue weighted by atomic mass is 32.2. The third-order valence-electron chi connectivity index (χ3n) is 4.48. The van der Waals surface area contributed by atoms with Crippen LogP contribution in [0.15, 0.2) is 23.1 Å². The lowest BCUT2D eigenvalue weighted by Crippen LogP contribution is -2.56. The lowest BCUT2D eigenvalue weighted by Gasteiger charge is -2.35. The second-order valence-electron chi connectivity index (χ2n) is 5.64. The van der Waals surface area contributed by atoms with Crippen LogP contribution in [-0.4, -0.2) is 31.2 Å². The molecule has 1 amide bonds. The van der Waals surface area contributed by atoms with Crippen LogP contribution in [0.4, 0.5) is 0 Å². The van der Waals surface area contributed by atoms with Gasteiger partial charge >= 0.3 is 0 Å². The minimum Gasteiger partial charge on any atom is -0.368 e. The van der Waals surface area contributed by atoms with Crippen molar-refractivity contribution in [2.45, 2.75) is 43.0 Å². The van der Waals surface area contributed by atoms with E-state index in [0.717, 1.165) is 17.1 Å². The highest BCUT2D eigenvalue weighted by molar-refractivity contribution is 7.89. The average molecular weight is 321 g/mol. The number of aryl methyl sites for hydroxylation is 1. The average Bonchev–Trinajstić information content (AvgIpc) is 2.96. The normalized spacial score (nSPS) is 17.4. The van der Waals surface area contributed by atoms with E-state index in [1.165, 1.54) is 13.1 Å². The van der Waals surface area contributed by atoms with Gasteiger partial charge in [0.25, 0.3) is 0 Å². The Morgan fingerprint density at radius 2 is 1.95 bits per heavy atom. The number of nitrogens with zero attached hydrogens (tertiary/aromatic N) is 2. The molecule has 2 rings (SSSR count). The molecule has 0 aromatic heterocycles. The van der Waals surface area contributed by atoms with Gasteiger partial charge in [-0.05, 0) is 31.4 Å². The van der Waals surface area contributed by atoms with Crippen molar-refractivity contribution in [3.8, 4) is 6.07 Å². The maximum atomic E-state index is 12.9. The van der Waals surface area contributed by atoms with Gasteiger partial charge in [-0.3, -0.25) is 4.79 Å². The summed E-state index contributed by atoms with van der Waals surface area (Å²) in [6.45, 7) is 1.68. The number of nitrogens with two attached hydrogens (primary N) is 1. The van der Waals surface area contributed by atoms with Crippen LogP contribution in [0.3, 0.4) is 0 Å². The summed E-state index contributed by atoms with van der Waals surface area (Å²) in [6.07, 6.45) is 2.32. The maximum absolute atomic E-state index is 12.9. The Hall–Kier alpha value is -1.91. The van der Waals surface area contributed by atoms with E-state index in [1.807, 2.05) is 6.07 Å². The molecule has 0 atom stereocenters. The van der Waals surface area contributed by atoms with Gasteiger partial charge in [0.05, 0.1) is 5.56 Å². The summed E-state index contributed by atoms with van der Waals surface area (Å²) < 4.78 is 26.9. The Balaban J connectivity index is 2.58. The van der Waals surface area contributed by atoms with Gasteiger partial charge in [-0.25, -0.2) is 8.42 Å². The molecule has 22 heavy (non-hydrogen) atoms. The first-order valence-corrected chi connectivity index (χ1v) is 8.50. The number of nitriles is 1. The smallest absolute Gasteiger partial charge is 0.245 e. The molecule has 0 aliphatic heterocycles. The zero-order chi connectivity index (χ0) is 16.5. The van der Waals surface area contributed by atoms with Gasteiger partial charge in [0.15, 0.2) is 0 Å². The third kappa shape index (κ3) is 2.38. The van der Waals surface area contributed by atoms with Gasteiger partial charge in [0, 0.05) is 7.05 Å². The quantitative estimate of drug-likeness (QED) is 0.902. The Labute approximate surface area is 130 Å². The molecule has 1 saturated carbocycles. The number of carbonyl (C=O) groups is 1. The highest BCUT2D eigenvalue weighted by Gasteiger charge is 2.48. The molecule has 118 valence electrons. The summed E-state index contributed by atoms with van der Waals surface area (Å²) in [5.74, 6) is -0.637. The molecule has 7 heteroatoms. The molecule has 0 unspecified atom stereocenters. The molecule has 0 radical (unpaired) electrons. The SMILES string of the molecule is Cc1cccc(S(=O)(=O)N(C)C2(C(N)=O)CCCC2)c1C#N. The van der Waals surface area contributed by atoms with Crippen LogP contribution in [0.1, 0.15) is 36.8 Å². The van der Waals surface area contributed by atoms with E-state index in [0.29, 0.717) is 18.4 Å². The fraction of sp³-hybridized carbons (Fsp3) is 0.467. The number of primary amides is 1. The molecule has 0 saturated heterocycles. The molecule has 6 nitrogen and oxygen atoms in total. The van der Waals surface area contributed by atoms with Gasteiger partial charge in [0.1, 0.15) is 16.5 Å². The molecule has 1 aliphatic carbocycles. The number of hydrogen-bond donors (Lipinski definition) is 1. The molecule has 2 N–H and O–H groups in total. The van der Waals surface area contributed by atoms with E-state index in [4.69, 9.17) is 5.73 Å². The van der Waals surface area contributed by atoms with E-state index in [1.54, 1.807) is 19.1 Å². The third-order valence-corrected chi connectivity index (χ3v) is 6.44. The van der Waals surface area contributed by atoms with Gasteiger partial charge in [-0.15, -0.1) is 0 Å². The van der Waals surface area contributed by atoms with Crippen molar-refractivity contribution in [3.05, 3.63) is 29.3 Å². The van der Waals surface area contributed by atoms with Crippen molar-refractivity contribution < 1.29 is 13.2 Å². The summed E-state index contributed by atoms with van der Waals surface area (Å²) in [7, 11) is -2.61. The Morgan fingerprint density at radius 3 is 2.45 bits per heavy atom. The monoisotopic (exact) mass is 321 g/mol. The Kier molecular flexibility index (Phi) is 4.27. The summed E-state index contributed by atoms with van der Waals surface area (Å²) in [5.41, 5.74) is 4.98. The van der Waals surface area contributed by atoms with Crippen LogP contribution < -0.4 is 5.73 Å². The second kappa shape index (κ2) is 5.71. The molecule has 0 spiro atoms. The first-order chi connectivity index (χ1) is 10.3. The van der Waals surface area contributed by atoms with E-state index in [-0.39, 0.29) is 10.5 Å². The summed E-state index contributed by atoms with van der Waals surface area (Å²) >= 11 is 0. The Morgan fingerprint density at radius 1 is 1.36 bits per heavy atom. The van der Waals surface area contributed by atoms with Crippen molar-refractivity contribution in [1.82, 2.24) is 4.31 Å². The van der Waals surface area contributed by atoms with Crippen molar-refractivity contribution in [1.29, 1.82) is 5.26 Å². The highest BCUT2D eigenvalue weighted by Crippen LogP contribution is 2.38. The number of rotatable bonds is 4. The molecule has 1 aromatic rings. The molecule has 1 aromatic carbocycles. The minimum atomic E-state index is -3.98. The van der Waals surface area contributed by atoms with Crippen LogP contribution in [0.2, 0.25) is 0 Å². The van der Waals surface area contributed by atoms with Crippen LogP contribution in [0, 0.1) is 18.3 Å². The fourth-order valence-electron chi connectivity index (χ4n) is 3.05. The maximum Gasteiger partial charge on any atom is 0.245 e. The van der Waals surface area contributed by atoms with E-state index < -0.39 is 21.5 Å². The van der Waals surface area contributed by atoms with Gasteiger partial charge < -0.3 is 5.73 Å². The zero-order valence-corrected chi connectivity index (χ0v) is 13.5. The zero-order valence-electron chi connectivity index (χ0n) is 12.7. The van der Waals surface area contributed by atoms with Crippen LogP contribution in [0.25, 0.3) is 0 Å². The van der Waals surface area contributed by atoms with Crippen molar-refractivity contribution in [2.75, 3.05) is 7.05 Å². The van der Waals surface area contributed by atoms with E-state index in [9.17, 15) is 18.5 Å². The van der Waals surface area contributed by atoms with Gasteiger partial charge in [-0.1, -0.05) is 25.0 Å². The number of amides is 1. The van der Waals surface area contributed by atoms with Crippen LogP contribution in [0.5, 0.6) is 0 Å². The van der Waals surface area contributed by atoms with E-state index in [2.05, 4.69) is 0 Å². The predicted octanol–water partition coefficient (Wildman–Crippen LogP) is 1.29. The molecule has 0 heterocycles. The number of sulfonamides is 1. The number of likely N-dealkylation sites (N-methyl/N-ethyl adjacent to an activating group) is 1. The number of benzene rings is 1. The number of carbonyl (C=O) groups excluding carboxylic acids is 1. The predicted molar refractivity (Wildman–Crippen MR) is 81.2 cm³/mol. The topological polar surface area (TPSA) is 104 Å². The Bertz CT molecular complexity index is 744. The summed E-state index contributed by atoms with van der Waals surface area (Å²) in [5, 5.41) is 9.26. The first kappa shape index (κ1) is 16.5. The fourth-order valence-corrected chi connectivity index (χ4v) is 4.80. The number of hydrogen-bond acceptors (Lipinski definition) is 4. The van der Waals surface area contributed by atoms with Gasteiger partial charge in [-0.2, -0.15) is 9.57 Å². The van der Waals surface area contributed by atoms with Crippen molar-refractivity contribution >= 4 is 15.9 Å². The lowest BCUT2D eigenvalue weighted by molar-refractivity contribution is -0.126. The molecular formula is C15H19N3O3S. The summed E-state index contributed by atoms with van der Waals surface area (Å²) in [4.78, 5) is 11.8. The standard InChI is InChI=1S/C15H19N3O3S/c1-11-6-5-7-13(12(11)10-16)22(20,21)18(2)15(14(17)19)8-3-4-9-15/h5-7H,3-4,8-9H2,1-2H3,(H2,17,19). The molecule has 1 aliphatic rings. The van der Waals surface area contributed by atoms with E-state index >= 15 is 0 Å². The van der Waals surface area contributed by atoms with Crippen molar-refractivity contribution in [3.63, 3.8) is 0 Å². The molecular weight excluding hydrogens is 302 g/mol. The lowest BCUT2D eigenvalue weighted by atomic mass is 9.97. The van der Waals surface area contributed by atoms with Crippen LogP contribution >= 0.6 is 0 Å². The largest absolute Gasteiger partial charge is 0.368 e. The first-order valence-electron chi connectivity index (χ1n) is 7.06. The second-order valence-corrected chi connectivity index (χ2v) is 7.57. The van der Waals surface area contributed by atoms with Gasteiger partial charge in [0.2, 0.25) is 15.9 Å². The molecule has 0 bridgehead atoms. The minimum absolute atomic E-state index is 0.0787. The van der Waals surface area contributed by atoms with Crippen LogP contribution in [-0.2, 0) is 14.8 Å². The summed E-state index contributed by atoms with van der Waals surface area (Å²) in [6, 6.07) is 6.59.